The van der Waals surface area contributed by atoms with E-state index >= 15 is 0 Å². The lowest BCUT2D eigenvalue weighted by atomic mass is 9.81. The van der Waals surface area contributed by atoms with Gasteiger partial charge in [-0.2, -0.15) is 0 Å². The molecule has 2 unspecified atom stereocenters. The molecule has 4 aliphatic rings. The van der Waals surface area contributed by atoms with Crippen LogP contribution in [0.2, 0.25) is 0 Å². The third-order valence-electron chi connectivity index (χ3n) is 18.3. The van der Waals surface area contributed by atoms with Gasteiger partial charge in [-0.3, -0.25) is 28.8 Å². The molecular formula is C64H111N3O13. The number of hydrogen-bond acceptors (Lipinski definition) is 14. The lowest BCUT2D eigenvalue weighted by molar-refractivity contribution is -0.162. The zero-order chi connectivity index (χ0) is 58.5. The molecule has 2 atom stereocenters. The molecule has 0 N–H and O–H groups in total. The summed E-state index contributed by atoms with van der Waals surface area (Å²) in [6.07, 6.45) is 22.7. The number of amides is 2. The molecule has 4 saturated carbocycles. The SMILES string of the molecule is CC1CCC(CCC(=O)OCCC(OC(=O)CCC2CCC(C)CC2)C(C)COC(=O)CCN(CCC(=O)OCC(C)(COC(=O)CCC2CCC(C)CC2)COC(=O)CCC2CCC(C)CC2)C(=O)N(C)CCCN(C)C)CC1. The summed E-state index contributed by atoms with van der Waals surface area (Å²) in [4.78, 5) is 98.3. The molecular weight excluding hydrogens is 1020 g/mol. The van der Waals surface area contributed by atoms with Crippen LogP contribution in [-0.4, -0.2) is 143 Å². The lowest BCUT2D eigenvalue weighted by Gasteiger charge is -2.30. The minimum Gasteiger partial charge on any atom is -0.466 e. The number of hydrogen-bond donors (Lipinski definition) is 0. The Morgan fingerprint density at radius 2 is 0.800 bits per heavy atom. The monoisotopic (exact) mass is 1130 g/mol. The van der Waals surface area contributed by atoms with Crippen LogP contribution < -0.4 is 0 Å². The van der Waals surface area contributed by atoms with E-state index in [1.807, 2.05) is 25.9 Å². The number of carbonyl (C=O) groups excluding carboxylic acids is 7. The van der Waals surface area contributed by atoms with E-state index in [1.54, 1.807) is 18.9 Å². The number of esters is 6. The van der Waals surface area contributed by atoms with Crippen LogP contribution >= 0.6 is 0 Å². The molecule has 0 bridgehead atoms. The van der Waals surface area contributed by atoms with E-state index in [2.05, 4.69) is 27.7 Å². The highest BCUT2D eigenvalue weighted by atomic mass is 16.6. The zero-order valence-corrected chi connectivity index (χ0v) is 51.6. The van der Waals surface area contributed by atoms with Crippen molar-refractivity contribution in [1.29, 1.82) is 0 Å². The smallest absolute Gasteiger partial charge is 0.319 e. The molecule has 0 aromatic heterocycles. The molecule has 0 aromatic carbocycles. The van der Waals surface area contributed by atoms with Crippen LogP contribution in [0.15, 0.2) is 0 Å². The van der Waals surface area contributed by atoms with Gasteiger partial charge in [0, 0.05) is 64.7 Å². The normalized spacial score (nSPS) is 24.8. The quantitative estimate of drug-likeness (QED) is 0.0431. The van der Waals surface area contributed by atoms with E-state index < -0.39 is 29.4 Å². The highest BCUT2D eigenvalue weighted by molar-refractivity contribution is 5.77. The Labute approximate surface area is 483 Å². The van der Waals surface area contributed by atoms with Crippen molar-refractivity contribution in [2.45, 2.75) is 227 Å². The molecule has 0 heterocycles. The molecule has 2 amide bonds. The summed E-state index contributed by atoms with van der Waals surface area (Å²) >= 11 is 0. The second kappa shape index (κ2) is 37.3. The molecule has 16 nitrogen and oxygen atoms in total. The van der Waals surface area contributed by atoms with Crippen molar-refractivity contribution in [2.75, 3.05) is 80.4 Å². The number of nitrogens with zero attached hydrogens (tertiary/aromatic N) is 3. The van der Waals surface area contributed by atoms with Crippen LogP contribution in [0.5, 0.6) is 0 Å². The van der Waals surface area contributed by atoms with E-state index in [1.165, 1.54) is 56.3 Å². The van der Waals surface area contributed by atoms with Crippen LogP contribution in [-0.2, 0) is 57.2 Å². The Morgan fingerprint density at radius 3 is 1.19 bits per heavy atom. The Bertz CT molecular complexity index is 1790. The van der Waals surface area contributed by atoms with Gasteiger partial charge in [0.25, 0.3) is 0 Å². The molecule has 4 fully saturated rings. The molecule has 0 radical (unpaired) electrons. The maximum Gasteiger partial charge on any atom is 0.319 e. The van der Waals surface area contributed by atoms with E-state index in [9.17, 15) is 33.6 Å². The molecule has 460 valence electrons. The van der Waals surface area contributed by atoms with Gasteiger partial charge in [0.2, 0.25) is 0 Å². The van der Waals surface area contributed by atoms with Gasteiger partial charge in [0.15, 0.2) is 0 Å². The zero-order valence-electron chi connectivity index (χ0n) is 51.6. The van der Waals surface area contributed by atoms with Crippen LogP contribution in [0.4, 0.5) is 4.79 Å². The van der Waals surface area contributed by atoms with Gasteiger partial charge in [-0.05, 0) is 107 Å². The molecule has 0 spiro atoms. The standard InChI is InChI=1S/C64H111N3O13/c1-47-11-19-52(20-12-47)27-31-57(68)75-42-37-56(80-62(73)34-30-55-25-17-50(4)18-26-55)51(5)43-76-60(71)35-40-67(63(74)66(9)39-10-38-65(7)8)41-36-61(72)79-46-64(6,44-77-58(69)32-28-53-21-13-48(2)14-22-53)45-78-59(70)33-29-54-23-15-49(3)16-24-54/h47-56H,10-46H2,1-9H3. The Kier molecular flexibility index (Phi) is 32.0. The number of ether oxygens (including phenoxy) is 6. The third-order valence-corrected chi connectivity index (χ3v) is 18.3. The summed E-state index contributed by atoms with van der Waals surface area (Å²) in [5.41, 5.74) is -1.02. The summed E-state index contributed by atoms with van der Waals surface area (Å²) in [6, 6.07) is -0.357. The molecule has 0 aliphatic heterocycles. The second-order valence-electron chi connectivity index (χ2n) is 26.5. The van der Waals surface area contributed by atoms with Crippen molar-refractivity contribution in [1.82, 2.24) is 14.7 Å². The van der Waals surface area contributed by atoms with Crippen molar-refractivity contribution in [3.8, 4) is 0 Å². The average molecular weight is 1130 g/mol. The van der Waals surface area contributed by atoms with Crippen molar-refractivity contribution in [2.24, 2.45) is 58.7 Å². The van der Waals surface area contributed by atoms with Crippen molar-refractivity contribution >= 4 is 41.8 Å². The summed E-state index contributed by atoms with van der Waals surface area (Å²) in [5, 5.41) is 0. The van der Waals surface area contributed by atoms with Gasteiger partial charge in [0.05, 0.1) is 31.5 Å². The summed E-state index contributed by atoms with van der Waals surface area (Å²) in [5.74, 6) is 2.12. The third kappa shape index (κ3) is 28.8. The summed E-state index contributed by atoms with van der Waals surface area (Å²) in [6.45, 7) is 13.5. The predicted octanol–water partition coefficient (Wildman–Crippen LogP) is 12.2. The fourth-order valence-corrected chi connectivity index (χ4v) is 12.0. The average Bonchev–Trinajstić information content (AvgIpc) is 3.43. The van der Waals surface area contributed by atoms with E-state index in [0.29, 0.717) is 80.1 Å². The first kappa shape index (κ1) is 68.5. The van der Waals surface area contributed by atoms with Crippen molar-refractivity contribution in [3.63, 3.8) is 0 Å². The minimum atomic E-state index is -1.02. The topological polar surface area (TPSA) is 185 Å². The Morgan fingerprint density at radius 1 is 0.450 bits per heavy atom. The Hall–Kier alpha value is -3.95. The minimum absolute atomic E-state index is 0.0328. The first-order valence-electron chi connectivity index (χ1n) is 31.8. The van der Waals surface area contributed by atoms with Gasteiger partial charge in [-0.1, -0.05) is 137 Å². The van der Waals surface area contributed by atoms with Gasteiger partial charge < -0.3 is 43.1 Å². The summed E-state index contributed by atoms with van der Waals surface area (Å²) in [7, 11) is 5.61. The summed E-state index contributed by atoms with van der Waals surface area (Å²) < 4.78 is 34.9. The predicted molar refractivity (Wildman–Crippen MR) is 310 cm³/mol. The number of carbonyl (C=O) groups is 7. The Balaban J connectivity index is 1.33. The van der Waals surface area contributed by atoms with Gasteiger partial charge in [-0.25, -0.2) is 4.79 Å². The first-order chi connectivity index (χ1) is 38.1. The van der Waals surface area contributed by atoms with E-state index in [4.69, 9.17) is 28.4 Å². The van der Waals surface area contributed by atoms with E-state index in [-0.39, 0.29) is 95.3 Å². The maximum absolute atomic E-state index is 14.0. The fraction of sp³-hybridized carbons (Fsp3) is 0.891. The number of rotatable bonds is 35. The molecule has 16 heteroatoms. The molecule has 4 aliphatic carbocycles. The highest BCUT2D eigenvalue weighted by Gasteiger charge is 2.33. The number of urea groups is 1. The second-order valence-corrected chi connectivity index (χ2v) is 26.5. The van der Waals surface area contributed by atoms with Gasteiger partial charge in [-0.15, -0.1) is 0 Å². The van der Waals surface area contributed by atoms with Crippen molar-refractivity contribution in [3.05, 3.63) is 0 Å². The fourth-order valence-electron chi connectivity index (χ4n) is 12.0. The first-order valence-corrected chi connectivity index (χ1v) is 31.8. The van der Waals surface area contributed by atoms with Crippen LogP contribution in [0.1, 0.15) is 221 Å². The molecule has 0 aromatic rings. The molecule has 4 rings (SSSR count). The molecule has 80 heavy (non-hydrogen) atoms. The maximum atomic E-state index is 14.0. The molecule has 0 saturated heterocycles. The van der Waals surface area contributed by atoms with Crippen LogP contribution in [0, 0.1) is 58.7 Å². The van der Waals surface area contributed by atoms with Crippen molar-refractivity contribution < 1.29 is 62.0 Å². The van der Waals surface area contributed by atoms with Crippen LogP contribution in [0.3, 0.4) is 0 Å². The van der Waals surface area contributed by atoms with E-state index in [0.717, 1.165) is 89.5 Å². The van der Waals surface area contributed by atoms with Crippen LogP contribution in [0.25, 0.3) is 0 Å². The largest absolute Gasteiger partial charge is 0.466 e. The van der Waals surface area contributed by atoms with Gasteiger partial charge >= 0.3 is 41.8 Å². The van der Waals surface area contributed by atoms with Gasteiger partial charge in [0.1, 0.15) is 25.9 Å². The lowest BCUT2D eigenvalue weighted by Crippen LogP contribution is -2.44. The highest BCUT2D eigenvalue weighted by Crippen LogP contribution is 2.35.